The minimum absolute atomic E-state index is 0.110. The first-order chi connectivity index (χ1) is 10.0. The van der Waals surface area contributed by atoms with Gasteiger partial charge in [-0.1, -0.05) is 35.3 Å². The highest BCUT2D eigenvalue weighted by Gasteiger charge is 2.16. The number of ether oxygens (including phenoxy) is 1. The second-order valence-corrected chi connectivity index (χ2v) is 5.23. The highest BCUT2D eigenvalue weighted by Crippen LogP contribution is 2.21. The van der Waals surface area contributed by atoms with E-state index in [-0.39, 0.29) is 27.8 Å². The molecule has 0 saturated heterocycles. The Morgan fingerprint density at radius 1 is 1.29 bits per heavy atom. The van der Waals surface area contributed by atoms with E-state index in [0.29, 0.717) is 0 Å². The van der Waals surface area contributed by atoms with Crippen molar-refractivity contribution in [3.63, 3.8) is 0 Å². The largest absolute Gasteiger partial charge is 0.497 e. The van der Waals surface area contributed by atoms with Crippen LogP contribution in [0.2, 0.25) is 10.2 Å². The fourth-order valence-corrected chi connectivity index (χ4v) is 2.18. The Bertz CT molecular complexity index is 662. The summed E-state index contributed by atoms with van der Waals surface area (Å²) in [5.74, 6) is 0.352. The summed E-state index contributed by atoms with van der Waals surface area (Å²) >= 11 is 11.8. The summed E-state index contributed by atoms with van der Waals surface area (Å²) in [4.78, 5) is 16.2. The topological polar surface area (TPSA) is 51.2 Å². The van der Waals surface area contributed by atoms with Crippen molar-refractivity contribution in [2.24, 2.45) is 0 Å². The smallest absolute Gasteiger partial charge is 0.271 e. The third kappa shape index (κ3) is 3.86. The lowest BCUT2D eigenvalue weighted by atomic mass is 10.1. The number of amides is 1. The van der Waals surface area contributed by atoms with Crippen LogP contribution < -0.4 is 10.1 Å². The molecule has 2 rings (SSSR count). The molecule has 4 nitrogen and oxygen atoms in total. The number of rotatable bonds is 4. The molecule has 1 amide bonds. The van der Waals surface area contributed by atoms with Crippen LogP contribution in [0.15, 0.2) is 36.4 Å². The van der Waals surface area contributed by atoms with Gasteiger partial charge in [0.25, 0.3) is 5.91 Å². The third-order valence-electron chi connectivity index (χ3n) is 2.97. The van der Waals surface area contributed by atoms with E-state index in [4.69, 9.17) is 27.9 Å². The van der Waals surface area contributed by atoms with Crippen LogP contribution in [0.4, 0.5) is 0 Å². The summed E-state index contributed by atoms with van der Waals surface area (Å²) in [6.45, 7) is 1.87. The zero-order valence-corrected chi connectivity index (χ0v) is 13.1. The molecule has 0 spiro atoms. The first-order valence-corrected chi connectivity index (χ1v) is 7.03. The molecule has 0 aliphatic rings. The molecule has 110 valence electrons. The van der Waals surface area contributed by atoms with E-state index in [1.165, 1.54) is 6.07 Å². The van der Waals surface area contributed by atoms with Gasteiger partial charge in [-0.2, -0.15) is 0 Å². The molecule has 1 aromatic carbocycles. The predicted molar refractivity (Wildman–Crippen MR) is 83.1 cm³/mol. The van der Waals surface area contributed by atoms with Gasteiger partial charge in [-0.15, -0.1) is 0 Å². The maximum absolute atomic E-state index is 12.2. The van der Waals surface area contributed by atoms with Crippen LogP contribution in [-0.4, -0.2) is 18.0 Å². The van der Waals surface area contributed by atoms with E-state index in [1.807, 2.05) is 31.2 Å². The zero-order chi connectivity index (χ0) is 15.4. The van der Waals surface area contributed by atoms with Crippen LogP contribution in [0, 0.1) is 0 Å². The average Bonchev–Trinajstić information content (AvgIpc) is 2.49. The van der Waals surface area contributed by atoms with Crippen molar-refractivity contribution in [1.29, 1.82) is 0 Å². The Labute approximate surface area is 133 Å². The van der Waals surface area contributed by atoms with Gasteiger partial charge >= 0.3 is 0 Å². The number of benzene rings is 1. The van der Waals surface area contributed by atoms with Crippen LogP contribution in [0.5, 0.6) is 5.75 Å². The molecule has 0 radical (unpaired) electrons. The Kier molecular flexibility index (Phi) is 5.04. The van der Waals surface area contributed by atoms with Crippen molar-refractivity contribution in [3.8, 4) is 5.75 Å². The number of nitrogens with one attached hydrogen (secondary N) is 1. The maximum atomic E-state index is 12.2. The Morgan fingerprint density at radius 2 is 2.05 bits per heavy atom. The lowest BCUT2D eigenvalue weighted by Crippen LogP contribution is -2.27. The number of methoxy groups -OCH3 is 1. The number of nitrogens with zero attached hydrogens (tertiary/aromatic N) is 1. The molecule has 1 heterocycles. The Morgan fingerprint density at radius 3 is 2.76 bits per heavy atom. The zero-order valence-electron chi connectivity index (χ0n) is 11.6. The first kappa shape index (κ1) is 15.6. The summed E-state index contributed by atoms with van der Waals surface area (Å²) in [7, 11) is 1.60. The summed E-state index contributed by atoms with van der Waals surface area (Å²) in [5, 5.41) is 3.31. The molecule has 1 N–H and O–H groups in total. The quantitative estimate of drug-likeness (QED) is 0.868. The van der Waals surface area contributed by atoms with E-state index in [2.05, 4.69) is 10.3 Å². The van der Waals surface area contributed by atoms with Crippen molar-refractivity contribution >= 4 is 29.1 Å². The Hall–Kier alpha value is -1.78. The van der Waals surface area contributed by atoms with Crippen molar-refractivity contribution < 1.29 is 9.53 Å². The molecule has 0 aliphatic heterocycles. The predicted octanol–water partition coefficient (Wildman–Crippen LogP) is 3.89. The fourth-order valence-electron chi connectivity index (χ4n) is 1.84. The lowest BCUT2D eigenvalue weighted by Gasteiger charge is -2.15. The highest BCUT2D eigenvalue weighted by molar-refractivity contribution is 6.34. The van der Waals surface area contributed by atoms with Crippen LogP contribution in [0.3, 0.4) is 0 Å². The second kappa shape index (κ2) is 6.78. The average molecular weight is 325 g/mol. The lowest BCUT2D eigenvalue weighted by molar-refractivity contribution is 0.0935. The van der Waals surface area contributed by atoms with Crippen LogP contribution in [0.1, 0.15) is 29.0 Å². The fraction of sp³-hybridized carbons (Fsp3) is 0.200. The summed E-state index contributed by atoms with van der Waals surface area (Å²) in [6.07, 6.45) is 0. The molecule has 1 atom stereocenters. The molecule has 0 bridgehead atoms. The monoisotopic (exact) mass is 324 g/mol. The number of carbonyl (C=O) groups excluding carboxylic acids is 1. The van der Waals surface area contributed by atoms with Gasteiger partial charge in [-0.05, 0) is 36.8 Å². The molecule has 0 saturated carbocycles. The Balaban J connectivity index is 2.16. The normalized spacial score (nSPS) is 11.8. The molecule has 0 fully saturated rings. The summed E-state index contributed by atoms with van der Waals surface area (Å²) in [5.41, 5.74) is 1.03. The van der Waals surface area contributed by atoms with Gasteiger partial charge in [0, 0.05) is 0 Å². The van der Waals surface area contributed by atoms with E-state index < -0.39 is 0 Å². The van der Waals surface area contributed by atoms with Gasteiger partial charge in [-0.3, -0.25) is 4.79 Å². The van der Waals surface area contributed by atoms with Crippen molar-refractivity contribution in [1.82, 2.24) is 10.3 Å². The second-order valence-electron chi connectivity index (χ2n) is 4.44. The molecule has 1 unspecified atom stereocenters. The van der Waals surface area contributed by atoms with E-state index in [0.717, 1.165) is 11.3 Å². The van der Waals surface area contributed by atoms with E-state index >= 15 is 0 Å². The van der Waals surface area contributed by atoms with Gasteiger partial charge < -0.3 is 10.1 Å². The molecule has 1 aromatic heterocycles. The number of aromatic nitrogens is 1. The van der Waals surface area contributed by atoms with Crippen LogP contribution >= 0.6 is 23.2 Å². The van der Waals surface area contributed by atoms with Crippen molar-refractivity contribution in [3.05, 3.63) is 57.8 Å². The highest BCUT2D eigenvalue weighted by atomic mass is 35.5. The van der Waals surface area contributed by atoms with Crippen molar-refractivity contribution in [2.75, 3.05) is 7.11 Å². The number of carbonyl (C=O) groups is 1. The van der Waals surface area contributed by atoms with Gasteiger partial charge in [0.2, 0.25) is 0 Å². The van der Waals surface area contributed by atoms with Crippen LogP contribution in [-0.2, 0) is 0 Å². The van der Waals surface area contributed by atoms with E-state index in [9.17, 15) is 4.79 Å². The number of halogens is 2. The minimum atomic E-state index is -0.377. The number of pyridine rings is 1. The molecular formula is C15H14Cl2N2O2. The minimum Gasteiger partial charge on any atom is -0.497 e. The van der Waals surface area contributed by atoms with Crippen LogP contribution in [0.25, 0.3) is 0 Å². The number of hydrogen-bond acceptors (Lipinski definition) is 3. The van der Waals surface area contributed by atoms with Gasteiger partial charge in [-0.25, -0.2) is 4.98 Å². The number of hydrogen-bond donors (Lipinski definition) is 1. The molecule has 0 aliphatic carbocycles. The molecule has 2 aromatic rings. The molecular weight excluding hydrogens is 311 g/mol. The SMILES string of the molecule is COc1cccc(C(C)NC(=O)c2nc(Cl)ccc2Cl)c1. The summed E-state index contributed by atoms with van der Waals surface area (Å²) < 4.78 is 5.17. The molecule has 21 heavy (non-hydrogen) atoms. The summed E-state index contributed by atoms with van der Waals surface area (Å²) in [6, 6.07) is 10.3. The standard InChI is InChI=1S/C15H14Cl2N2O2/c1-9(10-4-3-5-11(8-10)21-2)18-15(20)14-12(16)6-7-13(17)19-14/h3-9H,1-2H3,(H,18,20). The third-order valence-corrected chi connectivity index (χ3v) is 3.48. The maximum Gasteiger partial charge on any atom is 0.271 e. The first-order valence-electron chi connectivity index (χ1n) is 6.28. The van der Waals surface area contributed by atoms with Gasteiger partial charge in [0.15, 0.2) is 0 Å². The van der Waals surface area contributed by atoms with E-state index in [1.54, 1.807) is 13.2 Å². The van der Waals surface area contributed by atoms with Gasteiger partial charge in [0.05, 0.1) is 18.2 Å². The van der Waals surface area contributed by atoms with Crippen molar-refractivity contribution in [2.45, 2.75) is 13.0 Å². The molecule has 6 heteroatoms. The van der Waals surface area contributed by atoms with Gasteiger partial charge in [0.1, 0.15) is 16.6 Å².